The highest BCUT2D eigenvalue weighted by Crippen LogP contribution is 2.30. The number of methoxy groups -OCH3 is 2. The molecule has 2 aromatic rings. The summed E-state index contributed by atoms with van der Waals surface area (Å²) in [6.07, 6.45) is -8.61. The van der Waals surface area contributed by atoms with Crippen LogP contribution >= 0.6 is 0 Å². The number of hydrogen-bond donors (Lipinski definition) is 1. The van der Waals surface area contributed by atoms with Gasteiger partial charge in [0, 0.05) is 5.69 Å². The Morgan fingerprint density at radius 2 is 1.65 bits per heavy atom. The van der Waals surface area contributed by atoms with Crippen LogP contribution in [0.5, 0.6) is 17.2 Å². The summed E-state index contributed by atoms with van der Waals surface area (Å²) < 4.78 is 70.3. The SMILES string of the molecule is CCO/C(=N\C(=O)Nc1ccc(OC(F)(F)C(F)F)cc1)c1c(OC)cccc1OC. The van der Waals surface area contributed by atoms with Gasteiger partial charge in [-0.15, -0.1) is 0 Å². The highest BCUT2D eigenvalue weighted by atomic mass is 19.3. The standard InChI is InChI=1S/C20H20F4N2O5/c1-4-30-17(16-14(28-2)6-5-7-15(16)29-3)26-19(27)25-12-8-10-13(11-9-12)31-20(23,24)18(21)22/h5-11,18H,4H2,1-3H3,(H,25,27)/b26-17-. The molecule has 0 fully saturated rings. The molecule has 31 heavy (non-hydrogen) atoms. The van der Waals surface area contributed by atoms with Crippen molar-refractivity contribution in [3.63, 3.8) is 0 Å². The van der Waals surface area contributed by atoms with Gasteiger partial charge < -0.3 is 24.3 Å². The molecule has 2 amide bonds. The lowest BCUT2D eigenvalue weighted by molar-refractivity contribution is -0.253. The van der Waals surface area contributed by atoms with E-state index in [1.54, 1.807) is 25.1 Å². The molecule has 0 heterocycles. The average Bonchev–Trinajstić information content (AvgIpc) is 2.73. The Hall–Kier alpha value is -3.50. The van der Waals surface area contributed by atoms with E-state index in [1.807, 2.05) is 0 Å². The number of ether oxygens (including phenoxy) is 4. The zero-order valence-corrected chi connectivity index (χ0v) is 16.8. The van der Waals surface area contributed by atoms with Crippen molar-refractivity contribution in [2.75, 3.05) is 26.1 Å². The first kappa shape index (κ1) is 23.8. The number of rotatable bonds is 8. The predicted molar refractivity (Wildman–Crippen MR) is 105 cm³/mol. The molecule has 2 aromatic carbocycles. The van der Waals surface area contributed by atoms with Gasteiger partial charge in [-0.1, -0.05) is 6.07 Å². The summed E-state index contributed by atoms with van der Waals surface area (Å²) in [6, 6.07) is 8.50. The number of urea groups is 1. The van der Waals surface area contributed by atoms with Crippen molar-refractivity contribution in [2.24, 2.45) is 4.99 Å². The molecule has 7 nitrogen and oxygen atoms in total. The quantitative estimate of drug-likeness (QED) is 0.354. The number of hydrogen-bond acceptors (Lipinski definition) is 5. The first-order chi connectivity index (χ1) is 14.7. The highest BCUT2D eigenvalue weighted by Gasteiger charge is 2.43. The minimum Gasteiger partial charge on any atom is -0.496 e. The summed E-state index contributed by atoms with van der Waals surface area (Å²) in [6.45, 7) is 1.89. The van der Waals surface area contributed by atoms with Crippen molar-refractivity contribution in [1.82, 2.24) is 0 Å². The lowest BCUT2D eigenvalue weighted by Crippen LogP contribution is -2.33. The molecular formula is C20H20F4N2O5. The zero-order chi connectivity index (χ0) is 23.0. The van der Waals surface area contributed by atoms with Crippen molar-refractivity contribution in [2.45, 2.75) is 19.5 Å². The third kappa shape index (κ3) is 6.24. The van der Waals surface area contributed by atoms with E-state index in [2.05, 4.69) is 15.0 Å². The maximum atomic E-state index is 12.9. The summed E-state index contributed by atoms with van der Waals surface area (Å²) in [4.78, 5) is 16.3. The Labute approximate surface area is 175 Å². The summed E-state index contributed by atoms with van der Waals surface area (Å²) in [5, 5.41) is 2.41. The van der Waals surface area contributed by atoms with E-state index in [4.69, 9.17) is 14.2 Å². The van der Waals surface area contributed by atoms with E-state index in [9.17, 15) is 22.4 Å². The fourth-order valence-electron chi connectivity index (χ4n) is 2.41. The lowest BCUT2D eigenvalue weighted by Gasteiger charge is -2.17. The minimum atomic E-state index is -4.63. The van der Waals surface area contributed by atoms with Gasteiger partial charge in [0.15, 0.2) is 0 Å². The van der Waals surface area contributed by atoms with E-state index in [-0.39, 0.29) is 18.2 Å². The molecule has 2 rings (SSSR count). The first-order valence-corrected chi connectivity index (χ1v) is 8.90. The van der Waals surface area contributed by atoms with Crippen molar-refractivity contribution >= 4 is 17.6 Å². The lowest BCUT2D eigenvalue weighted by atomic mass is 10.1. The molecule has 168 valence electrons. The minimum absolute atomic E-state index is 0.0640. The van der Waals surface area contributed by atoms with E-state index in [0.29, 0.717) is 17.1 Å². The summed E-state index contributed by atoms with van der Waals surface area (Å²) >= 11 is 0. The van der Waals surface area contributed by atoms with Gasteiger partial charge in [0.1, 0.15) is 22.8 Å². The summed E-state index contributed by atoms with van der Waals surface area (Å²) in [5.41, 5.74) is 0.479. The van der Waals surface area contributed by atoms with Gasteiger partial charge >= 0.3 is 18.6 Å². The number of carbonyl (C=O) groups is 1. The number of nitrogens with zero attached hydrogens (tertiary/aromatic N) is 1. The Bertz CT molecular complexity index is 898. The van der Waals surface area contributed by atoms with Crippen molar-refractivity contribution < 1.29 is 41.3 Å². The highest BCUT2D eigenvalue weighted by molar-refractivity contribution is 6.07. The van der Waals surface area contributed by atoms with Crippen LogP contribution in [0, 0.1) is 0 Å². The van der Waals surface area contributed by atoms with Gasteiger partial charge in [-0.2, -0.15) is 22.6 Å². The van der Waals surface area contributed by atoms with Crippen molar-refractivity contribution in [3.05, 3.63) is 48.0 Å². The van der Waals surface area contributed by atoms with E-state index in [0.717, 1.165) is 12.1 Å². The monoisotopic (exact) mass is 444 g/mol. The van der Waals surface area contributed by atoms with Gasteiger partial charge in [-0.3, -0.25) is 0 Å². The first-order valence-electron chi connectivity index (χ1n) is 8.90. The molecular weight excluding hydrogens is 424 g/mol. The number of carbonyl (C=O) groups excluding carboxylic acids is 1. The molecule has 0 atom stereocenters. The number of aliphatic imine (C=N–C) groups is 1. The number of alkyl halides is 4. The van der Waals surface area contributed by atoms with Gasteiger partial charge in [-0.25, -0.2) is 4.79 Å². The molecule has 0 saturated heterocycles. The summed E-state index contributed by atoms with van der Waals surface area (Å²) in [7, 11) is 2.87. The molecule has 0 aliphatic carbocycles. The zero-order valence-electron chi connectivity index (χ0n) is 16.8. The van der Waals surface area contributed by atoms with Crippen LogP contribution in [0.2, 0.25) is 0 Å². The molecule has 11 heteroatoms. The number of nitrogens with one attached hydrogen (secondary N) is 1. The van der Waals surface area contributed by atoms with Crippen LogP contribution < -0.4 is 19.5 Å². The number of amides is 2. The van der Waals surface area contributed by atoms with Gasteiger partial charge in [-0.05, 0) is 43.3 Å². The molecule has 0 aliphatic heterocycles. The van der Waals surface area contributed by atoms with Crippen LogP contribution in [0.25, 0.3) is 0 Å². The van der Waals surface area contributed by atoms with Crippen LogP contribution in [-0.2, 0) is 4.74 Å². The topological polar surface area (TPSA) is 78.4 Å². The van der Waals surface area contributed by atoms with E-state index >= 15 is 0 Å². The second kappa shape index (κ2) is 10.5. The molecule has 0 aliphatic rings. The van der Waals surface area contributed by atoms with Crippen LogP contribution in [-0.4, -0.2) is 45.3 Å². The molecule has 0 unspecified atom stereocenters. The third-order valence-corrected chi connectivity index (χ3v) is 3.74. The molecule has 0 radical (unpaired) electrons. The van der Waals surface area contributed by atoms with Gasteiger partial charge in [0.05, 0.1) is 20.8 Å². The van der Waals surface area contributed by atoms with Crippen LogP contribution in [0.15, 0.2) is 47.5 Å². The van der Waals surface area contributed by atoms with Gasteiger partial charge in [0.25, 0.3) is 0 Å². The Balaban J connectivity index is 2.22. The van der Waals surface area contributed by atoms with E-state index in [1.165, 1.54) is 26.4 Å². The molecule has 0 saturated carbocycles. The smallest absolute Gasteiger partial charge is 0.461 e. The second-order valence-electron chi connectivity index (χ2n) is 5.81. The number of benzene rings is 2. The van der Waals surface area contributed by atoms with Crippen LogP contribution in [0.1, 0.15) is 12.5 Å². The largest absolute Gasteiger partial charge is 0.496 e. The Morgan fingerprint density at radius 3 is 2.13 bits per heavy atom. The maximum absolute atomic E-state index is 12.9. The number of halogens is 4. The maximum Gasteiger partial charge on any atom is 0.461 e. The van der Waals surface area contributed by atoms with Crippen LogP contribution in [0.4, 0.5) is 28.0 Å². The fraction of sp³-hybridized carbons (Fsp3) is 0.300. The third-order valence-electron chi connectivity index (χ3n) is 3.74. The van der Waals surface area contributed by atoms with Crippen molar-refractivity contribution in [3.8, 4) is 17.2 Å². The van der Waals surface area contributed by atoms with Crippen molar-refractivity contribution in [1.29, 1.82) is 0 Å². The molecule has 1 N–H and O–H groups in total. The average molecular weight is 444 g/mol. The van der Waals surface area contributed by atoms with Crippen LogP contribution in [0.3, 0.4) is 0 Å². The molecule has 0 aromatic heterocycles. The van der Waals surface area contributed by atoms with E-state index < -0.39 is 24.3 Å². The number of anilines is 1. The summed E-state index contributed by atoms with van der Waals surface area (Å²) in [5.74, 6) is 0.160. The Morgan fingerprint density at radius 1 is 1.06 bits per heavy atom. The second-order valence-corrected chi connectivity index (χ2v) is 5.81. The predicted octanol–water partition coefficient (Wildman–Crippen LogP) is 4.96. The fourth-order valence-corrected chi connectivity index (χ4v) is 2.41. The Kier molecular flexibility index (Phi) is 8.06. The normalized spacial score (nSPS) is 11.8. The molecule has 0 bridgehead atoms. The molecule has 0 spiro atoms. The van der Waals surface area contributed by atoms with Gasteiger partial charge in [0.2, 0.25) is 5.90 Å².